The van der Waals surface area contributed by atoms with E-state index >= 15 is 0 Å². The van der Waals surface area contributed by atoms with Gasteiger partial charge in [-0.3, -0.25) is 0 Å². The van der Waals surface area contributed by atoms with Crippen molar-refractivity contribution in [3.63, 3.8) is 0 Å². The van der Waals surface area contributed by atoms with Gasteiger partial charge in [-0.05, 0) is 90.4 Å². The molecule has 0 radical (unpaired) electrons. The Kier molecular flexibility index (Phi) is 3.03. The molecule has 1 nitrogen and oxygen atoms in total. The van der Waals surface area contributed by atoms with Crippen LogP contribution in [0.4, 0.5) is 0 Å². The van der Waals surface area contributed by atoms with Crippen molar-refractivity contribution in [3.05, 3.63) is 34.9 Å². The summed E-state index contributed by atoms with van der Waals surface area (Å²) in [6, 6.07) is 6.76. The molecule has 2 fully saturated rings. The molecule has 5 unspecified atom stereocenters. The monoisotopic (exact) mass is 281 g/mol. The smallest absolute Gasteiger partial charge is 0.0250 e. The van der Waals surface area contributed by atoms with E-state index in [1.165, 1.54) is 50.3 Å². The van der Waals surface area contributed by atoms with Crippen LogP contribution in [0.15, 0.2) is 18.2 Å². The van der Waals surface area contributed by atoms with Gasteiger partial charge in [-0.1, -0.05) is 26.0 Å². The van der Waals surface area contributed by atoms with E-state index in [1.54, 1.807) is 5.56 Å². The molecule has 0 spiro atoms. The summed E-state index contributed by atoms with van der Waals surface area (Å²) in [5.74, 6) is 3.61. The van der Waals surface area contributed by atoms with Crippen LogP contribution in [0.3, 0.4) is 0 Å². The molecule has 21 heavy (non-hydrogen) atoms. The van der Waals surface area contributed by atoms with Crippen LogP contribution in [-0.4, -0.2) is 6.21 Å². The van der Waals surface area contributed by atoms with E-state index in [4.69, 9.17) is 5.41 Å². The minimum atomic E-state index is 0.619. The summed E-state index contributed by atoms with van der Waals surface area (Å²) in [6.07, 6.45) is 9.83. The van der Waals surface area contributed by atoms with Crippen molar-refractivity contribution >= 4 is 6.21 Å². The molecule has 0 bridgehead atoms. The van der Waals surface area contributed by atoms with Gasteiger partial charge < -0.3 is 5.41 Å². The van der Waals surface area contributed by atoms with Crippen LogP contribution >= 0.6 is 0 Å². The van der Waals surface area contributed by atoms with Crippen molar-refractivity contribution in [3.8, 4) is 0 Å². The Hall–Kier alpha value is -1.11. The second-order valence-electron chi connectivity index (χ2n) is 8.04. The molecule has 112 valence electrons. The van der Waals surface area contributed by atoms with Crippen molar-refractivity contribution in [1.82, 2.24) is 0 Å². The predicted molar refractivity (Wildman–Crippen MR) is 88.1 cm³/mol. The molecule has 1 N–H and O–H groups in total. The molecule has 0 amide bonds. The first-order valence-corrected chi connectivity index (χ1v) is 8.77. The molecular weight excluding hydrogens is 254 g/mol. The van der Waals surface area contributed by atoms with Crippen LogP contribution in [0.1, 0.15) is 68.6 Å². The third kappa shape index (κ3) is 1.86. The van der Waals surface area contributed by atoms with E-state index < -0.39 is 0 Å². The van der Waals surface area contributed by atoms with Crippen LogP contribution in [0.5, 0.6) is 0 Å². The van der Waals surface area contributed by atoms with Gasteiger partial charge in [0.05, 0.1) is 0 Å². The molecule has 3 aliphatic rings. The number of aryl methyl sites for hydroxylation is 1. The second kappa shape index (κ2) is 4.69. The summed E-state index contributed by atoms with van der Waals surface area (Å²) in [4.78, 5) is 0. The highest BCUT2D eigenvalue weighted by atomic mass is 14.6. The van der Waals surface area contributed by atoms with Crippen LogP contribution in [0.2, 0.25) is 0 Å². The molecule has 0 aromatic heterocycles. The quantitative estimate of drug-likeness (QED) is 0.686. The molecule has 0 heterocycles. The van der Waals surface area contributed by atoms with Gasteiger partial charge in [0, 0.05) is 6.21 Å². The average molecular weight is 281 g/mol. The second-order valence-corrected chi connectivity index (χ2v) is 8.04. The van der Waals surface area contributed by atoms with Gasteiger partial charge in [-0.15, -0.1) is 0 Å². The van der Waals surface area contributed by atoms with Crippen LogP contribution < -0.4 is 0 Å². The number of hydrogen-bond donors (Lipinski definition) is 1. The Bertz CT molecular complexity index is 575. The maximum Gasteiger partial charge on any atom is 0.0250 e. The largest absolute Gasteiger partial charge is 0.308 e. The molecule has 1 heteroatoms. The van der Waals surface area contributed by atoms with Gasteiger partial charge >= 0.3 is 0 Å². The molecular formula is C20H27N. The average Bonchev–Trinajstić information content (AvgIpc) is 2.82. The minimum absolute atomic E-state index is 0.619. The first kappa shape index (κ1) is 13.5. The highest BCUT2D eigenvalue weighted by Gasteiger charge is 2.53. The molecule has 3 aliphatic carbocycles. The van der Waals surface area contributed by atoms with E-state index in [2.05, 4.69) is 32.0 Å². The normalized spacial score (nSPS) is 41.0. The Morgan fingerprint density at radius 1 is 1.19 bits per heavy atom. The van der Waals surface area contributed by atoms with Crippen molar-refractivity contribution < 1.29 is 0 Å². The highest BCUT2D eigenvalue weighted by Crippen LogP contribution is 2.62. The number of fused-ring (bicyclic) bond motifs is 5. The Morgan fingerprint density at radius 2 is 2.05 bits per heavy atom. The fourth-order valence-electron chi connectivity index (χ4n) is 5.95. The van der Waals surface area contributed by atoms with Crippen molar-refractivity contribution in [2.45, 2.75) is 58.3 Å². The van der Waals surface area contributed by atoms with E-state index in [1.807, 2.05) is 0 Å². The standard InChI is InChI=1S/C20H27N/c1-13-3-8-19-18-7-5-15-11-14(12-21)4-6-16(15)17(18)9-10-20(13,19)2/h4,6,11-13,17-19,21H,3,5,7-10H2,1-2H3. The van der Waals surface area contributed by atoms with Crippen molar-refractivity contribution in [1.29, 1.82) is 5.41 Å². The lowest BCUT2D eigenvalue weighted by Gasteiger charge is -2.50. The molecule has 0 saturated heterocycles. The first-order chi connectivity index (χ1) is 10.1. The molecule has 4 rings (SSSR count). The van der Waals surface area contributed by atoms with E-state index in [0.29, 0.717) is 5.41 Å². The zero-order chi connectivity index (χ0) is 14.6. The van der Waals surface area contributed by atoms with E-state index in [-0.39, 0.29) is 0 Å². The van der Waals surface area contributed by atoms with Crippen molar-refractivity contribution in [2.75, 3.05) is 0 Å². The molecule has 5 atom stereocenters. The predicted octanol–water partition coefficient (Wildman–Crippen LogP) is 5.18. The first-order valence-electron chi connectivity index (χ1n) is 8.77. The number of benzene rings is 1. The summed E-state index contributed by atoms with van der Waals surface area (Å²) in [5.41, 5.74) is 4.85. The SMILES string of the molecule is CC1CCC2C3CCc4cc(C=N)ccc4C3CCC12C. The zero-order valence-corrected chi connectivity index (χ0v) is 13.4. The fraction of sp³-hybridized carbons (Fsp3) is 0.650. The molecule has 1 aromatic carbocycles. The van der Waals surface area contributed by atoms with E-state index in [9.17, 15) is 0 Å². The Labute approximate surface area is 128 Å². The van der Waals surface area contributed by atoms with Gasteiger partial charge in [0.1, 0.15) is 0 Å². The summed E-state index contributed by atoms with van der Waals surface area (Å²) in [5, 5.41) is 7.46. The van der Waals surface area contributed by atoms with Gasteiger partial charge in [-0.25, -0.2) is 0 Å². The molecule has 2 saturated carbocycles. The maximum atomic E-state index is 7.46. The Balaban J connectivity index is 1.70. The summed E-state index contributed by atoms with van der Waals surface area (Å²) in [6.45, 7) is 5.08. The van der Waals surface area contributed by atoms with Crippen LogP contribution in [0, 0.1) is 28.6 Å². The van der Waals surface area contributed by atoms with E-state index in [0.717, 1.165) is 29.2 Å². The van der Waals surface area contributed by atoms with Gasteiger partial charge in [0.25, 0.3) is 0 Å². The molecule has 0 aliphatic heterocycles. The van der Waals surface area contributed by atoms with Gasteiger partial charge in [0.15, 0.2) is 0 Å². The Morgan fingerprint density at radius 3 is 2.86 bits per heavy atom. The summed E-state index contributed by atoms with van der Waals surface area (Å²) in [7, 11) is 0. The zero-order valence-electron chi connectivity index (χ0n) is 13.4. The minimum Gasteiger partial charge on any atom is -0.308 e. The number of hydrogen-bond acceptors (Lipinski definition) is 1. The van der Waals surface area contributed by atoms with Crippen molar-refractivity contribution in [2.24, 2.45) is 23.2 Å². The van der Waals surface area contributed by atoms with Gasteiger partial charge in [-0.2, -0.15) is 0 Å². The molecule has 1 aromatic rings. The number of rotatable bonds is 1. The topological polar surface area (TPSA) is 23.9 Å². The lowest BCUT2D eigenvalue weighted by atomic mass is 9.54. The van der Waals surface area contributed by atoms with Crippen LogP contribution in [-0.2, 0) is 6.42 Å². The van der Waals surface area contributed by atoms with Crippen LogP contribution in [0.25, 0.3) is 0 Å². The maximum absolute atomic E-state index is 7.46. The lowest BCUT2D eigenvalue weighted by Crippen LogP contribution is -2.41. The van der Waals surface area contributed by atoms with Gasteiger partial charge in [0.2, 0.25) is 0 Å². The number of nitrogens with one attached hydrogen (secondary N) is 1. The summed E-state index contributed by atoms with van der Waals surface area (Å²) < 4.78 is 0. The third-order valence-electron chi connectivity index (χ3n) is 7.39. The summed E-state index contributed by atoms with van der Waals surface area (Å²) >= 11 is 0. The fourth-order valence-corrected chi connectivity index (χ4v) is 5.95. The third-order valence-corrected chi connectivity index (χ3v) is 7.39. The highest BCUT2D eigenvalue weighted by molar-refractivity contribution is 5.77. The lowest BCUT2D eigenvalue weighted by molar-refractivity contribution is 0.0337.